The van der Waals surface area contributed by atoms with Crippen molar-refractivity contribution in [2.24, 2.45) is 0 Å². The molecular weight excluding hydrogens is 300 g/mol. The van der Waals surface area contributed by atoms with Gasteiger partial charge in [-0.15, -0.1) is 0 Å². The Morgan fingerprint density at radius 3 is 2.76 bits per heavy atom. The minimum absolute atomic E-state index is 0.0595. The van der Waals surface area contributed by atoms with Crippen LogP contribution in [0.1, 0.15) is 17.2 Å². The van der Waals surface area contributed by atoms with Crippen LogP contribution in [0.25, 0.3) is 0 Å². The van der Waals surface area contributed by atoms with E-state index in [9.17, 15) is 0 Å². The number of hydrogen-bond acceptors (Lipinski definition) is 2. The summed E-state index contributed by atoms with van der Waals surface area (Å²) in [5.74, 6) is 0. The summed E-state index contributed by atoms with van der Waals surface area (Å²) in [4.78, 5) is 4.13. The Hall–Kier alpha value is -0.900. The Bertz CT molecular complexity index is 502. The van der Waals surface area contributed by atoms with Crippen LogP contribution in [0.2, 0.25) is 5.02 Å². The molecule has 88 valence electrons. The van der Waals surface area contributed by atoms with Crippen LogP contribution < -0.4 is 5.32 Å². The summed E-state index contributed by atoms with van der Waals surface area (Å²) in [6, 6.07) is 9.92. The van der Waals surface area contributed by atoms with Gasteiger partial charge in [-0.2, -0.15) is 0 Å². The average Bonchev–Trinajstić information content (AvgIpc) is 2.34. The lowest BCUT2D eigenvalue weighted by molar-refractivity contribution is 0.689. The summed E-state index contributed by atoms with van der Waals surface area (Å²) in [5.41, 5.74) is 2.14. The summed E-state index contributed by atoms with van der Waals surface area (Å²) in [7, 11) is 1.91. The molecule has 0 spiro atoms. The van der Waals surface area contributed by atoms with E-state index in [1.165, 1.54) is 0 Å². The van der Waals surface area contributed by atoms with Gasteiger partial charge in [-0.3, -0.25) is 4.98 Å². The van der Waals surface area contributed by atoms with Crippen molar-refractivity contribution in [1.29, 1.82) is 0 Å². The Balaban J connectivity index is 2.42. The highest BCUT2D eigenvalue weighted by Gasteiger charge is 2.15. The quantitative estimate of drug-likeness (QED) is 0.932. The number of nitrogens with zero attached hydrogens (tertiary/aromatic N) is 1. The van der Waals surface area contributed by atoms with Crippen molar-refractivity contribution in [3.63, 3.8) is 0 Å². The van der Waals surface area contributed by atoms with Crippen molar-refractivity contribution in [2.45, 2.75) is 6.04 Å². The second kappa shape index (κ2) is 5.63. The molecule has 1 atom stereocenters. The zero-order chi connectivity index (χ0) is 12.3. The van der Waals surface area contributed by atoms with E-state index >= 15 is 0 Å². The van der Waals surface area contributed by atoms with Crippen LogP contribution >= 0.6 is 27.5 Å². The fraction of sp³-hybridized carbons (Fsp3) is 0.154. The Labute approximate surface area is 114 Å². The molecule has 0 fully saturated rings. The van der Waals surface area contributed by atoms with E-state index in [-0.39, 0.29) is 6.04 Å². The molecule has 4 heteroatoms. The van der Waals surface area contributed by atoms with E-state index in [1.54, 1.807) is 6.20 Å². The SMILES string of the molecule is CNC(c1cccnc1)c1ccc(Br)cc1Cl. The zero-order valence-corrected chi connectivity index (χ0v) is 11.7. The first-order valence-electron chi connectivity index (χ1n) is 5.24. The van der Waals surface area contributed by atoms with Crippen LogP contribution in [0.15, 0.2) is 47.2 Å². The van der Waals surface area contributed by atoms with Crippen LogP contribution in [0, 0.1) is 0 Å². The van der Waals surface area contributed by atoms with Gasteiger partial charge in [0.2, 0.25) is 0 Å². The van der Waals surface area contributed by atoms with Crippen LogP contribution in [0.3, 0.4) is 0 Å². The van der Waals surface area contributed by atoms with Gasteiger partial charge in [-0.1, -0.05) is 39.7 Å². The largest absolute Gasteiger partial charge is 0.309 e. The van der Waals surface area contributed by atoms with Gasteiger partial charge in [0, 0.05) is 21.9 Å². The summed E-state index contributed by atoms with van der Waals surface area (Å²) >= 11 is 9.67. The van der Waals surface area contributed by atoms with Gasteiger partial charge >= 0.3 is 0 Å². The molecule has 1 aromatic heterocycles. The first-order chi connectivity index (χ1) is 8.22. The van der Waals surface area contributed by atoms with Crippen molar-refractivity contribution in [3.05, 3.63) is 63.3 Å². The maximum Gasteiger partial charge on any atom is 0.0604 e. The highest BCUT2D eigenvalue weighted by molar-refractivity contribution is 9.10. The Kier molecular flexibility index (Phi) is 4.15. The maximum absolute atomic E-state index is 6.26. The van der Waals surface area contributed by atoms with E-state index in [4.69, 9.17) is 11.6 Å². The highest BCUT2D eigenvalue weighted by atomic mass is 79.9. The van der Waals surface area contributed by atoms with Gasteiger partial charge in [0.05, 0.1) is 6.04 Å². The van der Waals surface area contributed by atoms with Crippen LogP contribution in [-0.4, -0.2) is 12.0 Å². The molecule has 1 heterocycles. The fourth-order valence-electron chi connectivity index (χ4n) is 1.78. The molecule has 2 rings (SSSR count). The number of hydrogen-bond donors (Lipinski definition) is 1. The number of benzene rings is 1. The maximum atomic E-state index is 6.26. The third-order valence-corrected chi connectivity index (χ3v) is 3.40. The summed E-state index contributed by atoms with van der Waals surface area (Å²) < 4.78 is 0.979. The van der Waals surface area contributed by atoms with Crippen LogP contribution in [-0.2, 0) is 0 Å². The van der Waals surface area contributed by atoms with Gasteiger partial charge < -0.3 is 5.32 Å². The molecule has 0 aliphatic heterocycles. The monoisotopic (exact) mass is 310 g/mol. The minimum Gasteiger partial charge on any atom is -0.309 e. The Morgan fingerprint density at radius 2 is 2.18 bits per heavy atom. The van der Waals surface area contributed by atoms with Crippen molar-refractivity contribution in [1.82, 2.24) is 10.3 Å². The molecule has 0 aliphatic rings. The lowest BCUT2D eigenvalue weighted by atomic mass is 10.0. The molecule has 0 saturated carbocycles. The van der Waals surface area contributed by atoms with E-state index in [2.05, 4.69) is 26.2 Å². The van der Waals surface area contributed by atoms with Gasteiger partial charge in [0.1, 0.15) is 0 Å². The van der Waals surface area contributed by atoms with Crippen molar-refractivity contribution >= 4 is 27.5 Å². The van der Waals surface area contributed by atoms with E-state index < -0.39 is 0 Å². The number of halogens is 2. The molecule has 0 radical (unpaired) electrons. The lowest BCUT2D eigenvalue weighted by Gasteiger charge is -2.18. The van der Waals surface area contributed by atoms with Gasteiger partial charge in [0.25, 0.3) is 0 Å². The van der Waals surface area contributed by atoms with Gasteiger partial charge in [-0.25, -0.2) is 0 Å². The molecule has 1 N–H and O–H groups in total. The average molecular weight is 312 g/mol. The Morgan fingerprint density at radius 1 is 1.35 bits per heavy atom. The van der Waals surface area contributed by atoms with Crippen molar-refractivity contribution in [3.8, 4) is 0 Å². The molecule has 2 aromatic rings. The number of pyridine rings is 1. The number of aromatic nitrogens is 1. The molecule has 0 aliphatic carbocycles. The van der Waals surface area contributed by atoms with E-state index in [1.807, 2.05) is 43.6 Å². The second-order valence-electron chi connectivity index (χ2n) is 3.67. The smallest absolute Gasteiger partial charge is 0.0604 e. The number of rotatable bonds is 3. The minimum atomic E-state index is 0.0595. The van der Waals surface area contributed by atoms with Crippen LogP contribution in [0.5, 0.6) is 0 Å². The predicted octanol–water partition coefficient (Wildman–Crippen LogP) is 3.81. The zero-order valence-electron chi connectivity index (χ0n) is 9.32. The van der Waals surface area contributed by atoms with E-state index in [0.29, 0.717) is 0 Å². The second-order valence-corrected chi connectivity index (χ2v) is 5.00. The third-order valence-electron chi connectivity index (χ3n) is 2.58. The standard InChI is InChI=1S/C13H12BrClN2/c1-16-13(9-3-2-6-17-8-9)11-5-4-10(14)7-12(11)15/h2-8,13,16H,1H3. The molecular formula is C13H12BrClN2. The first-order valence-corrected chi connectivity index (χ1v) is 6.41. The van der Waals surface area contributed by atoms with Gasteiger partial charge in [-0.05, 0) is 36.4 Å². The molecule has 0 amide bonds. The normalized spacial score (nSPS) is 12.4. The molecule has 1 aromatic carbocycles. The first kappa shape index (κ1) is 12.6. The fourth-order valence-corrected chi connectivity index (χ4v) is 2.57. The van der Waals surface area contributed by atoms with Crippen molar-refractivity contribution < 1.29 is 0 Å². The highest BCUT2D eigenvalue weighted by Crippen LogP contribution is 2.29. The summed E-state index contributed by atoms with van der Waals surface area (Å²) in [6.45, 7) is 0. The molecule has 1 unspecified atom stereocenters. The van der Waals surface area contributed by atoms with Gasteiger partial charge in [0.15, 0.2) is 0 Å². The summed E-state index contributed by atoms with van der Waals surface area (Å²) in [5, 5.41) is 3.99. The predicted molar refractivity (Wildman–Crippen MR) is 74.3 cm³/mol. The van der Waals surface area contributed by atoms with Crippen LogP contribution in [0.4, 0.5) is 0 Å². The number of nitrogens with one attached hydrogen (secondary N) is 1. The topological polar surface area (TPSA) is 24.9 Å². The van der Waals surface area contributed by atoms with E-state index in [0.717, 1.165) is 20.6 Å². The molecule has 0 bridgehead atoms. The summed E-state index contributed by atoms with van der Waals surface area (Å²) in [6.07, 6.45) is 3.61. The molecule has 17 heavy (non-hydrogen) atoms. The lowest BCUT2D eigenvalue weighted by Crippen LogP contribution is -2.18. The molecule has 0 saturated heterocycles. The van der Waals surface area contributed by atoms with Crippen molar-refractivity contribution in [2.75, 3.05) is 7.05 Å². The third kappa shape index (κ3) is 2.86. The molecule has 2 nitrogen and oxygen atoms in total.